The fraction of sp³-hybridized carbons (Fsp3) is 0.111. The number of ketones is 1. The van der Waals surface area contributed by atoms with Crippen LogP contribution in [0.2, 0.25) is 0 Å². The maximum Gasteiger partial charge on any atom is 0.182 e. The van der Waals surface area contributed by atoms with Crippen LogP contribution in [0.25, 0.3) is 10.9 Å². The minimum absolute atomic E-state index is 0.0129. The van der Waals surface area contributed by atoms with E-state index in [2.05, 4.69) is 0 Å². The molecule has 0 aliphatic carbocycles. The van der Waals surface area contributed by atoms with Gasteiger partial charge in [-0.3, -0.25) is 9.59 Å². The zero-order valence-electron chi connectivity index (χ0n) is 12.3. The quantitative estimate of drug-likeness (QED) is 0.541. The van der Waals surface area contributed by atoms with Gasteiger partial charge in [0.1, 0.15) is 11.6 Å². The molecule has 116 valence electrons. The number of halogens is 2. The molecule has 0 saturated carbocycles. The standard InChI is InChI=1S/C18H13F2NO2/c1-11-6-12(2-4-16(11)20)18(23)9-21-8-13(10-22)15-7-14(19)3-5-17(15)21/h2-8,10H,9H2,1H3. The molecule has 0 atom stereocenters. The third-order valence-corrected chi connectivity index (χ3v) is 3.79. The molecule has 0 N–H and O–H groups in total. The van der Waals surface area contributed by atoms with Crippen molar-refractivity contribution < 1.29 is 18.4 Å². The van der Waals surface area contributed by atoms with Crippen LogP contribution >= 0.6 is 0 Å². The van der Waals surface area contributed by atoms with E-state index in [9.17, 15) is 18.4 Å². The summed E-state index contributed by atoms with van der Waals surface area (Å²) in [5.74, 6) is -1.03. The molecule has 0 aliphatic heterocycles. The first-order chi connectivity index (χ1) is 11.0. The summed E-state index contributed by atoms with van der Waals surface area (Å²) in [7, 11) is 0. The Bertz CT molecular complexity index is 928. The Labute approximate surface area is 131 Å². The summed E-state index contributed by atoms with van der Waals surface area (Å²) < 4.78 is 28.2. The van der Waals surface area contributed by atoms with Crippen LogP contribution in [0, 0.1) is 18.6 Å². The van der Waals surface area contributed by atoms with E-state index in [4.69, 9.17) is 0 Å². The number of aldehydes is 1. The van der Waals surface area contributed by atoms with Gasteiger partial charge in [-0.1, -0.05) is 0 Å². The van der Waals surface area contributed by atoms with E-state index in [1.54, 1.807) is 11.5 Å². The number of fused-ring (bicyclic) bond motifs is 1. The van der Waals surface area contributed by atoms with Gasteiger partial charge in [0.25, 0.3) is 0 Å². The lowest BCUT2D eigenvalue weighted by Crippen LogP contribution is -2.10. The van der Waals surface area contributed by atoms with Crippen molar-refractivity contribution in [3.05, 3.63) is 70.9 Å². The number of rotatable bonds is 4. The third kappa shape index (κ3) is 2.77. The molecular weight excluding hydrogens is 300 g/mol. The monoisotopic (exact) mass is 313 g/mol. The Morgan fingerprint density at radius 1 is 1.17 bits per heavy atom. The minimum Gasteiger partial charge on any atom is -0.339 e. The molecular formula is C18H13F2NO2. The highest BCUT2D eigenvalue weighted by molar-refractivity contribution is 6.00. The van der Waals surface area contributed by atoms with Gasteiger partial charge in [-0.2, -0.15) is 0 Å². The number of carbonyl (C=O) groups excluding carboxylic acids is 2. The molecule has 3 aromatic rings. The molecule has 5 heteroatoms. The highest BCUT2D eigenvalue weighted by atomic mass is 19.1. The number of hydrogen-bond acceptors (Lipinski definition) is 2. The largest absolute Gasteiger partial charge is 0.339 e. The Kier molecular flexibility index (Phi) is 3.78. The summed E-state index contributed by atoms with van der Waals surface area (Å²) in [6.07, 6.45) is 2.15. The zero-order chi connectivity index (χ0) is 16.6. The van der Waals surface area contributed by atoms with Crippen LogP contribution in [0.1, 0.15) is 26.3 Å². The second kappa shape index (κ2) is 5.76. The number of benzene rings is 2. The molecule has 0 amide bonds. The molecule has 0 spiro atoms. The molecule has 0 bridgehead atoms. The van der Waals surface area contributed by atoms with Crippen LogP contribution in [-0.4, -0.2) is 16.6 Å². The number of Topliss-reactive ketones (excluding diaryl/α,β-unsaturated/α-hetero) is 1. The summed E-state index contributed by atoms with van der Waals surface area (Å²) in [6.45, 7) is 1.57. The molecule has 3 rings (SSSR count). The molecule has 3 nitrogen and oxygen atoms in total. The van der Waals surface area contributed by atoms with E-state index >= 15 is 0 Å². The van der Waals surface area contributed by atoms with Gasteiger partial charge in [0.15, 0.2) is 12.1 Å². The minimum atomic E-state index is -0.446. The Morgan fingerprint density at radius 2 is 1.96 bits per heavy atom. The Morgan fingerprint density at radius 3 is 2.65 bits per heavy atom. The number of carbonyl (C=O) groups is 2. The van der Waals surface area contributed by atoms with Crippen molar-refractivity contribution >= 4 is 23.0 Å². The van der Waals surface area contributed by atoms with Crippen LogP contribution in [0.3, 0.4) is 0 Å². The van der Waals surface area contributed by atoms with E-state index < -0.39 is 5.82 Å². The predicted molar refractivity (Wildman–Crippen MR) is 82.8 cm³/mol. The van der Waals surface area contributed by atoms with Crippen LogP contribution in [0.5, 0.6) is 0 Å². The fourth-order valence-corrected chi connectivity index (χ4v) is 2.59. The van der Waals surface area contributed by atoms with Gasteiger partial charge in [0.05, 0.1) is 6.54 Å². The molecule has 23 heavy (non-hydrogen) atoms. The summed E-state index contributed by atoms with van der Waals surface area (Å²) in [6, 6.07) is 8.24. The van der Waals surface area contributed by atoms with Crippen molar-refractivity contribution in [1.29, 1.82) is 0 Å². The van der Waals surface area contributed by atoms with E-state index in [1.807, 2.05) is 0 Å². The molecule has 0 unspecified atom stereocenters. The average molecular weight is 313 g/mol. The van der Waals surface area contributed by atoms with Crippen molar-refractivity contribution in [2.45, 2.75) is 13.5 Å². The molecule has 1 aromatic heterocycles. The molecule has 0 aliphatic rings. The van der Waals surface area contributed by atoms with E-state index in [-0.39, 0.29) is 18.1 Å². The van der Waals surface area contributed by atoms with Crippen LogP contribution in [-0.2, 0) is 6.54 Å². The predicted octanol–water partition coefficient (Wildman–Crippen LogP) is 3.92. The van der Waals surface area contributed by atoms with Crippen molar-refractivity contribution in [3.8, 4) is 0 Å². The van der Waals surface area contributed by atoms with Gasteiger partial charge in [-0.25, -0.2) is 8.78 Å². The van der Waals surface area contributed by atoms with Gasteiger partial charge >= 0.3 is 0 Å². The van der Waals surface area contributed by atoms with E-state index in [0.717, 1.165) is 0 Å². The summed E-state index contributed by atoms with van der Waals surface area (Å²) in [5, 5.41) is 0.461. The Balaban J connectivity index is 1.99. The smallest absolute Gasteiger partial charge is 0.182 e. The van der Waals surface area contributed by atoms with Crippen molar-refractivity contribution in [3.63, 3.8) is 0 Å². The van der Waals surface area contributed by atoms with Crippen molar-refractivity contribution in [1.82, 2.24) is 4.57 Å². The van der Waals surface area contributed by atoms with Gasteiger partial charge in [-0.15, -0.1) is 0 Å². The van der Waals surface area contributed by atoms with E-state index in [0.29, 0.717) is 33.9 Å². The lowest BCUT2D eigenvalue weighted by molar-refractivity contribution is 0.0972. The molecule has 0 radical (unpaired) electrons. The maximum absolute atomic E-state index is 13.3. The summed E-state index contributed by atoms with van der Waals surface area (Å²) >= 11 is 0. The first-order valence-electron chi connectivity index (χ1n) is 7.02. The fourth-order valence-electron chi connectivity index (χ4n) is 2.59. The highest BCUT2D eigenvalue weighted by Crippen LogP contribution is 2.22. The lowest BCUT2D eigenvalue weighted by Gasteiger charge is -2.06. The molecule has 0 fully saturated rings. The highest BCUT2D eigenvalue weighted by Gasteiger charge is 2.13. The topological polar surface area (TPSA) is 39.1 Å². The van der Waals surface area contributed by atoms with Gasteiger partial charge in [0.2, 0.25) is 0 Å². The average Bonchev–Trinajstić information content (AvgIpc) is 2.87. The van der Waals surface area contributed by atoms with Crippen LogP contribution in [0.4, 0.5) is 8.78 Å². The molecule has 2 aromatic carbocycles. The zero-order valence-corrected chi connectivity index (χ0v) is 12.3. The Hall–Kier alpha value is -2.82. The molecule has 0 saturated heterocycles. The van der Waals surface area contributed by atoms with Crippen LogP contribution in [0.15, 0.2) is 42.6 Å². The normalized spacial score (nSPS) is 10.9. The second-order valence-corrected chi connectivity index (χ2v) is 5.38. The third-order valence-electron chi connectivity index (χ3n) is 3.79. The van der Waals surface area contributed by atoms with Gasteiger partial charge in [-0.05, 0) is 48.9 Å². The first-order valence-corrected chi connectivity index (χ1v) is 7.02. The van der Waals surface area contributed by atoms with Crippen molar-refractivity contribution in [2.75, 3.05) is 0 Å². The summed E-state index contributed by atoms with van der Waals surface area (Å²) in [4.78, 5) is 23.5. The first kappa shape index (κ1) is 15.1. The maximum atomic E-state index is 13.3. The van der Waals surface area contributed by atoms with Gasteiger partial charge < -0.3 is 4.57 Å². The van der Waals surface area contributed by atoms with Crippen LogP contribution < -0.4 is 0 Å². The van der Waals surface area contributed by atoms with E-state index in [1.165, 1.54) is 42.6 Å². The number of nitrogens with zero attached hydrogens (tertiary/aromatic N) is 1. The van der Waals surface area contributed by atoms with Gasteiger partial charge in [0, 0.05) is 28.2 Å². The lowest BCUT2D eigenvalue weighted by atomic mass is 10.1. The number of aromatic nitrogens is 1. The number of aryl methyl sites for hydroxylation is 1. The summed E-state index contributed by atoms with van der Waals surface area (Å²) in [5.41, 5.74) is 1.70. The number of hydrogen-bond donors (Lipinski definition) is 0. The molecule has 1 heterocycles. The van der Waals surface area contributed by atoms with Crippen molar-refractivity contribution in [2.24, 2.45) is 0 Å². The second-order valence-electron chi connectivity index (χ2n) is 5.38. The SMILES string of the molecule is Cc1cc(C(=O)Cn2cc(C=O)c3cc(F)ccc32)ccc1F.